The normalized spacial score (nSPS) is 16.8. The van der Waals surface area contributed by atoms with Gasteiger partial charge in [-0.3, -0.25) is 4.57 Å². The lowest BCUT2D eigenvalue weighted by Gasteiger charge is -2.13. The van der Waals surface area contributed by atoms with Gasteiger partial charge in [-0.25, -0.2) is 0 Å². The highest BCUT2D eigenvalue weighted by Gasteiger charge is 2.19. The minimum Gasteiger partial charge on any atom is -0.370 e. The summed E-state index contributed by atoms with van der Waals surface area (Å²) in [6.07, 6.45) is 1.03. The second kappa shape index (κ2) is 3.16. The lowest BCUT2D eigenvalue weighted by Crippen LogP contribution is -2.17. The minimum absolute atomic E-state index is 0.262. The molecule has 0 fully saturated rings. The number of rotatable bonds is 2. The molecule has 13 heavy (non-hydrogen) atoms. The number of aromatic amines is 1. The molecule has 1 aliphatic rings. The van der Waals surface area contributed by atoms with Gasteiger partial charge in [0.2, 0.25) is 0 Å². The number of hydrogen-bond donors (Lipinski definition) is 3. The summed E-state index contributed by atoms with van der Waals surface area (Å²) in [6, 6.07) is 0.262. The van der Waals surface area contributed by atoms with E-state index in [0.717, 1.165) is 23.6 Å². The van der Waals surface area contributed by atoms with Crippen molar-refractivity contribution < 1.29 is 0 Å². The Hall–Kier alpha value is -0.810. The first kappa shape index (κ1) is 8.77. The van der Waals surface area contributed by atoms with E-state index < -0.39 is 0 Å². The van der Waals surface area contributed by atoms with Crippen LogP contribution in [0.15, 0.2) is 0 Å². The van der Waals surface area contributed by atoms with Gasteiger partial charge in [-0.15, -0.1) is 0 Å². The molecule has 72 valence electrons. The number of imidazole rings is 1. The van der Waals surface area contributed by atoms with Gasteiger partial charge in [0.05, 0.1) is 5.69 Å². The first-order valence-corrected chi connectivity index (χ1v) is 4.92. The molecule has 4 N–H and O–H groups in total. The maximum absolute atomic E-state index is 5.62. The van der Waals surface area contributed by atoms with E-state index in [1.807, 2.05) is 0 Å². The lowest BCUT2D eigenvalue weighted by atomic mass is 10.3. The van der Waals surface area contributed by atoms with Crippen molar-refractivity contribution in [1.29, 1.82) is 0 Å². The van der Waals surface area contributed by atoms with Gasteiger partial charge in [-0.1, -0.05) is 0 Å². The van der Waals surface area contributed by atoms with E-state index in [2.05, 4.69) is 21.8 Å². The Kier molecular flexibility index (Phi) is 2.13. The van der Waals surface area contributed by atoms with Gasteiger partial charge in [-0.2, -0.15) is 0 Å². The van der Waals surface area contributed by atoms with E-state index in [1.54, 1.807) is 0 Å². The van der Waals surface area contributed by atoms with Crippen molar-refractivity contribution in [3.8, 4) is 0 Å². The second-order valence-corrected chi connectivity index (χ2v) is 3.78. The molecule has 2 rings (SSSR count). The van der Waals surface area contributed by atoms with E-state index in [0.29, 0.717) is 6.54 Å². The highest BCUT2D eigenvalue weighted by atomic mass is 32.1. The quantitative estimate of drug-likeness (QED) is 0.622. The molecule has 1 atom stereocenters. The third kappa shape index (κ3) is 1.28. The Morgan fingerprint density at radius 2 is 2.46 bits per heavy atom. The molecule has 0 bridgehead atoms. The van der Waals surface area contributed by atoms with Gasteiger partial charge in [0.1, 0.15) is 5.82 Å². The molecule has 0 saturated heterocycles. The molecule has 0 radical (unpaired) electrons. The van der Waals surface area contributed by atoms with Gasteiger partial charge >= 0.3 is 0 Å². The van der Waals surface area contributed by atoms with Crippen molar-refractivity contribution >= 4 is 18.0 Å². The average molecular weight is 198 g/mol. The van der Waals surface area contributed by atoms with Crippen LogP contribution >= 0.6 is 12.2 Å². The zero-order chi connectivity index (χ0) is 9.42. The SMILES string of the molecule is CC(CN)n1c2c([nH]c1=S)CCN2. The molecule has 4 nitrogen and oxygen atoms in total. The molecule has 0 aromatic carbocycles. The maximum Gasteiger partial charge on any atom is 0.179 e. The number of anilines is 1. The van der Waals surface area contributed by atoms with Gasteiger partial charge < -0.3 is 16.0 Å². The summed E-state index contributed by atoms with van der Waals surface area (Å²) in [5, 5.41) is 3.31. The maximum atomic E-state index is 5.62. The van der Waals surface area contributed by atoms with Crippen molar-refractivity contribution in [2.24, 2.45) is 5.73 Å². The molecule has 0 aliphatic carbocycles. The number of nitrogens with zero attached hydrogens (tertiary/aromatic N) is 1. The molecule has 5 heteroatoms. The monoisotopic (exact) mass is 198 g/mol. The number of H-pyrrole nitrogens is 1. The van der Waals surface area contributed by atoms with Crippen LogP contribution in [0.25, 0.3) is 0 Å². The fraction of sp³-hybridized carbons (Fsp3) is 0.625. The standard InChI is InChI=1S/C8H14N4S/c1-5(4-9)12-7-6(2-3-10-7)11-8(12)13/h5,10H,2-4,9H2,1H3,(H,11,13). The second-order valence-electron chi connectivity index (χ2n) is 3.39. The van der Waals surface area contributed by atoms with Crippen molar-refractivity contribution in [1.82, 2.24) is 9.55 Å². The largest absolute Gasteiger partial charge is 0.370 e. The van der Waals surface area contributed by atoms with E-state index in [4.69, 9.17) is 18.0 Å². The summed E-state index contributed by atoms with van der Waals surface area (Å²) in [4.78, 5) is 3.20. The molecule has 1 unspecified atom stereocenters. The van der Waals surface area contributed by atoms with Gasteiger partial charge in [0, 0.05) is 25.6 Å². The third-order valence-electron chi connectivity index (χ3n) is 2.45. The van der Waals surface area contributed by atoms with Crippen LogP contribution < -0.4 is 11.1 Å². The highest BCUT2D eigenvalue weighted by Crippen LogP contribution is 2.24. The predicted octanol–water partition coefficient (Wildman–Crippen LogP) is 1.03. The zero-order valence-corrected chi connectivity index (χ0v) is 8.45. The number of nitrogens with one attached hydrogen (secondary N) is 2. The van der Waals surface area contributed by atoms with Crippen molar-refractivity contribution in [2.75, 3.05) is 18.4 Å². The summed E-state index contributed by atoms with van der Waals surface area (Å²) < 4.78 is 2.84. The Morgan fingerprint density at radius 3 is 3.15 bits per heavy atom. The summed E-state index contributed by atoms with van der Waals surface area (Å²) in [5.74, 6) is 1.13. The van der Waals surface area contributed by atoms with E-state index in [9.17, 15) is 0 Å². The van der Waals surface area contributed by atoms with Crippen molar-refractivity contribution in [3.05, 3.63) is 10.5 Å². The van der Waals surface area contributed by atoms with Gasteiger partial charge in [0.25, 0.3) is 0 Å². The van der Waals surface area contributed by atoms with Crippen molar-refractivity contribution in [3.63, 3.8) is 0 Å². The molecule has 1 aromatic heterocycles. The fourth-order valence-corrected chi connectivity index (χ4v) is 2.09. The van der Waals surface area contributed by atoms with Crippen LogP contribution in [-0.2, 0) is 6.42 Å². The molecule has 0 spiro atoms. The highest BCUT2D eigenvalue weighted by molar-refractivity contribution is 7.71. The molecule has 1 aromatic rings. The summed E-state index contributed by atoms with van der Waals surface area (Å²) in [6.45, 7) is 3.68. The van der Waals surface area contributed by atoms with Crippen LogP contribution in [0.3, 0.4) is 0 Å². The van der Waals surface area contributed by atoms with Crippen LogP contribution in [0.2, 0.25) is 0 Å². The average Bonchev–Trinajstić information content (AvgIpc) is 2.62. The summed E-state index contributed by atoms with van der Waals surface area (Å²) >= 11 is 5.21. The predicted molar refractivity (Wildman–Crippen MR) is 55.6 cm³/mol. The van der Waals surface area contributed by atoms with Crippen LogP contribution in [0.4, 0.5) is 5.82 Å². The topological polar surface area (TPSA) is 58.8 Å². The molecule has 0 saturated carbocycles. The Balaban J connectivity index is 2.50. The smallest absolute Gasteiger partial charge is 0.179 e. The van der Waals surface area contributed by atoms with E-state index in [1.165, 1.54) is 5.69 Å². The lowest BCUT2D eigenvalue weighted by molar-refractivity contribution is 0.557. The number of aromatic nitrogens is 2. The molecular formula is C8H14N4S. The Labute approximate surface area is 82.1 Å². The molecule has 0 amide bonds. The number of fused-ring (bicyclic) bond motifs is 1. The Morgan fingerprint density at radius 1 is 1.69 bits per heavy atom. The zero-order valence-electron chi connectivity index (χ0n) is 7.63. The molecular weight excluding hydrogens is 184 g/mol. The molecule has 1 aliphatic heterocycles. The van der Waals surface area contributed by atoms with Crippen LogP contribution in [-0.4, -0.2) is 22.6 Å². The van der Waals surface area contributed by atoms with Crippen LogP contribution in [0.5, 0.6) is 0 Å². The van der Waals surface area contributed by atoms with Gasteiger partial charge in [-0.05, 0) is 19.1 Å². The Bertz CT molecular complexity index is 365. The first-order chi connectivity index (χ1) is 6.24. The van der Waals surface area contributed by atoms with Crippen LogP contribution in [0, 0.1) is 4.77 Å². The summed E-state index contributed by atoms with van der Waals surface area (Å²) in [5.41, 5.74) is 6.83. The van der Waals surface area contributed by atoms with E-state index in [-0.39, 0.29) is 6.04 Å². The minimum atomic E-state index is 0.262. The third-order valence-corrected chi connectivity index (χ3v) is 2.75. The number of nitrogens with two attached hydrogens (primary N) is 1. The van der Waals surface area contributed by atoms with Gasteiger partial charge in [0.15, 0.2) is 4.77 Å². The molecule has 2 heterocycles. The first-order valence-electron chi connectivity index (χ1n) is 4.51. The number of hydrogen-bond acceptors (Lipinski definition) is 3. The van der Waals surface area contributed by atoms with Crippen molar-refractivity contribution in [2.45, 2.75) is 19.4 Å². The fourth-order valence-electron chi connectivity index (χ4n) is 1.70. The summed E-state index contributed by atoms with van der Waals surface area (Å²) in [7, 11) is 0. The van der Waals surface area contributed by atoms with E-state index >= 15 is 0 Å². The van der Waals surface area contributed by atoms with Crippen LogP contribution in [0.1, 0.15) is 18.7 Å².